The molecule has 4 heteroatoms. The van der Waals surface area contributed by atoms with Crippen LogP contribution in [0.2, 0.25) is 0 Å². The van der Waals surface area contributed by atoms with Crippen LogP contribution in [0, 0.1) is 17.8 Å². The highest BCUT2D eigenvalue weighted by Gasteiger charge is 2.44. The van der Waals surface area contributed by atoms with Crippen molar-refractivity contribution >= 4 is 11.5 Å². The smallest absolute Gasteiger partial charge is 0.303 e. The first kappa shape index (κ1) is 14.3. The van der Waals surface area contributed by atoms with Crippen LogP contribution in [0.1, 0.15) is 55.8 Å². The van der Waals surface area contributed by atoms with Gasteiger partial charge in [-0.25, -0.2) is 4.98 Å². The van der Waals surface area contributed by atoms with E-state index in [4.69, 9.17) is 4.74 Å². The lowest BCUT2D eigenvalue weighted by Gasteiger charge is -2.30. The van der Waals surface area contributed by atoms with Crippen molar-refractivity contribution in [2.75, 3.05) is 0 Å². The molecule has 3 unspecified atom stereocenters. The zero-order chi connectivity index (χ0) is 16.3. The van der Waals surface area contributed by atoms with Gasteiger partial charge in [-0.1, -0.05) is 12.2 Å². The minimum absolute atomic E-state index is 0.154. The molecule has 0 amide bonds. The molecule has 124 valence electrons. The third kappa shape index (κ3) is 2.20. The van der Waals surface area contributed by atoms with E-state index in [1.165, 1.54) is 37.3 Å². The minimum atomic E-state index is -0.185. The van der Waals surface area contributed by atoms with Crippen LogP contribution < -0.4 is 0 Å². The molecule has 2 saturated carbocycles. The van der Waals surface area contributed by atoms with Gasteiger partial charge in [-0.2, -0.15) is 0 Å². The van der Waals surface area contributed by atoms with E-state index < -0.39 is 0 Å². The van der Waals surface area contributed by atoms with Crippen LogP contribution in [-0.2, 0) is 9.53 Å². The summed E-state index contributed by atoms with van der Waals surface area (Å²) in [5, 5.41) is 0. The summed E-state index contributed by atoms with van der Waals surface area (Å²) in [6, 6.07) is 2.21. The number of carbonyl (C=O) groups is 1. The summed E-state index contributed by atoms with van der Waals surface area (Å²) in [6.45, 7) is 1.53. The van der Waals surface area contributed by atoms with Gasteiger partial charge >= 0.3 is 5.97 Å². The molecule has 2 heterocycles. The number of pyridine rings is 1. The van der Waals surface area contributed by atoms with Crippen molar-refractivity contribution in [3.63, 3.8) is 0 Å². The molecule has 0 saturated heterocycles. The molecule has 3 aliphatic rings. The van der Waals surface area contributed by atoms with Gasteiger partial charge < -0.3 is 9.14 Å². The fourth-order valence-electron chi connectivity index (χ4n) is 4.80. The van der Waals surface area contributed by atoms with Gasteiger partial charge in [0, 0.05) is 24.6 Å². The number of hydrogen-bond donors (Lipinski definition) is 0. The van der Waals surface area contributed by atoms with Gasteiger partial charge in [0.25, 0.3) is 0 Å². The molecule has 2 fully saturated rings. The fourth-order valence-corrected chi connectivity index (χ4v) is 4.80. The number of nitrogens with zero attached hydrogens (tertiary/aromatic N) is 2. The first-order valence-corrected chi connectivity index (χ1v) is 9.00. The zero-order valence-corrected chi connectivity index (χ0v) is 13.9. The average molecular weight is 322 g/mol. The van der Waals surface area contributed by atoms with Crippen LogP contribution in [-0.4, -0.2) is 15.4 Å². The highest BCUT2D eigenvalue weighted by atomic mass is 16.5. The first-order valence-electron chi connectivity index (χ1n) is 9.00. The lowest BCUT2D eigenvalue weighted by Crippen LogP contribution is -2.23. The summed E-state index contributed by atoms with van der Waals surface area (Å²) in [5.74, 6) is 2.02. The van der Waals surface area contributed by atoms with Crippen molar-refractivity contribution in [2.24, 2.45) is 17.8 Å². The number of allylic oxidation sites excluding steroid dienone is 2. The summed E-state index contributed by atoms with van der Waals surface area (Å²) in [7, 11) is 0. The molecule has 4 atom stereocenters. The number of ether oxygens (including phenoxy) is 1. The van der Waals surface area contributed by atoms with E-state index >= 15 is 0 Å². The molecule has 0 aliphatic heterocycles. The highest BCUT2D eigenvalue weighted by Crippen LogP contribution is 2.53. The lowest BCUT2D eigenvalue weighted by atomic mass is 9.82. The number of fused-ring (bicyclic) bond motifs is 3. The maximum atomic E-state index is 11.9. The standard InChI is InChI=1S/C20H22N2O2/c1-12(23)24-20(17-9-13-2-3-15(17)8-13)19-16(14-4-5-14)6-7-22-11-21-10-18(19)22/h2-3,6-7,10-11,13-15,17,20H,4-5,8-9H2,1H3/t13?,15-,17?,20?/m0/s1. The SMILES string of the molecule is CC(=O)OC(c1c(C2CC2)ccn2cncc12)C1CC2C=C[C@H]1C2. The Labute approximate surface area is 141 Å². The monoisotopic (exact) mass is 322 g/mol. The van der Waals surface area contributed by atoms with E-state index in [-0.39, 0.29) is 12.1 Å². The summed E-state index contributed by atoms with van der Waals surface area (Å²) in [5.41, 5.74) is 3.66. The van der Waals surface area contributed by atoms with Gasteiger partial charge in [0.15, 0.2) is 0 Å². The van der Waals surface area contributed by atoms with Crippen molar-refractivity contribution in [1.82, 2.24) is 9.38 Å². The molecular formula is C20H22N2O2. The highest BCUT2D eigenvalue weighted by molar-refractivity contribution is 5.68. The second kappa shape index (κ2) is 5.20. The molecular weight excluding hydrogens is 300 g/mol. The second-order valence-corrected chi connectivity index (χ2v) is 7.62. The Bertz CT molecular complexity index is 833. The Kier molecular flexibility index (Phi) is 3.09. The summed E-state index contributed by atoms with van der Waals surface area (Å²) < 4.78 is 8.01. The maximum absolute atomic E-state index is 11.9. The second-order valence-electron chi connectivity index (χ2n) is 7.62. The van der Waals surface area contributed by atoms with Gasteiger partial charge in [-0.15, -0.1) is 0 Å². The molecule has 2 bridgehead atoms. The Hall–Kier alpha value is -2.10. The Morgan fingerprint density at radius 1 is 1.33 bits per heavy atom. The van der Waals surface area contributed by atoms with E-state index in [1.54, 1.807) is 0 Å². The third-order valence-corrected chi connectivity index (χ3v) is 5.98. The number of esters is 1. The lowest BCUT2D eigenvalue weighted by molar-refractivity contribution is -0.150. The molecule has 2 aromatic rings. The van der Waals surface area contributed by atoms with Crippen LogP contribution in [0.15, 0.2) is 36.9 Å². The summed E-state index contributed by atoms with van der Waals surface area (Å²) in [6.07, 6.45) is 15.2. The van der Waals surface area contributed by atoms with Gasteiger partial charge in [0.2, 0.25) is 0 Å². The van der Waals surface area contributed by atoms with Crippen LogP contribution in [0.4, 0.5) is 0 Å². The number of hydrogen-bond acceptors (Lipinski definition) is 3. The van der Waals surface area contributed by atoms with E-state index in [0.29, 0.717) is 23.7 Å². The normalized spacial score (nSPS) is 29.3. The van der Waals surface area contributed by atoms with Gasteiger partial charge in [-0.3, -0.25) is 4.79 Å². The van der Waals surface area contributed by atoms with Crippen LogP contribution in [0.3, 0.4) is 0 Å². The Balaban J connectivity index is 1.66. The molecule has 0 aromatic carbocycles. The van der Waals surface area contributed by atoms with Gasteiger partial charge in [0.1, 0.15) is 6.10 Å². The van der Waals surface area contributed by atoms with Crippen LogP contribution in [0.25, 0.3) is 5.52 Å². The summed E-state index contributed by atoms with van der Waals surface area (Å²) in [4.78, 5) is 16.2. The molecule has 5 rings (SSSR count). The topological polar surface area (TPSA) is 43.6 Å². The number of imidazole rings is 1. The van der Waals surface area contributed by atoms with Crippen molar-refractivity contribution in [3.05, 3.63) is 48.1 Å². The molecule has 0 spiro atoms. The first-order chi connectivity index (χ1) is 11.7. The summed E-state index contributed by atoms with van der Waals surface area (Å²) >= 11 is 0. The number of carbonyl (C=O) groups excluding carboxylic acids is 1. The van der Waals surface area contributed by atoms with E-state index in [1.807, 2.05) is 12.5 Å². The Morgan fingerprint density at radius 2 is 2.21 bits per heavy atom. The molecule has 24 heavy (non-hydrogen) atoms. The molecule has 4 nitrogen and oxygen atoms in total. The minimum Gasteiger partial charge on any atom is -0.457 e. The van der Waals surface area contributed by atoms with Crippen molar-refractivity contribution in [2.45, 2.75) is 44.6 Å². The van der Waals surface area contributed by atoms with Gasteiger partial charge in [-0.05, 0) is 55.1 Å². The van der Waals surface area contributed by atoms with Crippen LogP contribution in [0.5, 0.6) is 0 Å². The van der Waals surface area contributed by atoms with Crippen molar-refractivity contribution in [1.29, 1.82) is 0 Å². The predicted molar refractivity (Wildman–Crippen MR) is 90.5 cm³/mol. The predicted octanol–water partition coefficient (Wildman–Crippen LogP) is 4.03. The zero-order valence-electron chi connectivity index (χ0n) is 13.9. The number of rotatable bonds is 4. The quantitative estimate of drug-likeness (QED) is 0.630. The molecule has 0 radical (unpaired) electrons. The van der Waals surface area contributed by atoms with E-state index in [2.05, 4.69) is 33.8 Å². The van der Waals surface area contributed by atoms with Crippen LogP contribution >= 0.6 is 0 Å². The Morgan fingerprint density at radius 3 is 2.88 bits per heavy atom. The fraction of sp³-hybridized carbons (Fsp3) is 0.500. The van der Waals surface area contributed by atoms with E-state index in [0.717, 1.165) is 11.9 Å². The largest absolute Gasteiger partial charge is 0.457 e. The van der Waals surface area contributed by atoms with E-state index in [9.17, 15) is 4.79 Å². The molecule has 0 N–H and O–H groups in total. The van der Waals surface area contributed by atoms with Crippen molar-refractivity contribution in [3.8, 4) is 0 Å². The van der Waals surface area contributed by atoms with Crippen molar-refractivity contribution < 1.29 is 9.53 Å². The molecule has 2 aromatic heterocycles. The van der Waals surface area contributed by atoms with Gasteiger partial charge in [0.05, 0.1) is 18.0 Å². The maximum Gasteiger partial charge on any atom is 0.303 e. The number of aromatic nitrogens is 2. The molecule has 3 aliphatic carbocycles. The third-order valence-electron chi connectivity index (χ3n) is 5.98. The average Bonchev–Trinajstić information content (AvgIpc) is 2.98.